The second-order valence-electron chi connectivity index (χ2n) is 4.86. The number of nitrogens with one attached hydrogen (secondary N) is 1. The highest BCUT2D eigenvalue weighted by atomic mass is 16.4. The maximum absolute atomic E-state index is 10.5. The number of carboxylic acids is 1. The van der Waals surface area contributed by atoms with Crippen LogP contribution in [0.1, 0.15) is 33.6 Å². The zero-order valence-electron chi connectivity index (χ0n) is 9.92. The van der Waals surface area contributed by atoms with E-state index in [0.717, 1.165) is 26.1 Å². The van der Waals surface area contributed by atoms with E-state index >= 15 is 0 Å². The van der Waals surface area contributed by atoms with E-state index in [1.165, 1.54) is 0 Å². The van der Waals surface area contributed by atoms with Gasteiger partial charge in [0.15, 0.2) is 0 Å². The molecule has 0 saturated carbocycles. The van der Waals surface area contributed by atoms with E-state index in [9.17, 15) is 4.79 Å². The van der Waals surface area contributed by atoms with Crippen LogP contribution in [0.2, 0.25) is 0 Å². The van der Waals surface area contributed by atoms with E-state index in [2.05, 4.69) is 31.0 Å². The molecule has 0 aromatic rings. The van der Waals surface area contributed by atoms with Crippen LogP contribution in [0.4, 0.5) is 0 Å². The van der Waals surface area contributed by atoms with Crippen LogP contribution >= 0.6 is 0 Å². The van der Waals surface area contributed by atoms with Crippen LogP contribution in [-0.4, -0.2) is 47.2 Å². The maximum Gasteiger partial charge on any atom is 0.303 e. The SMILES string of the molecule is CCN1CC(CCC(=O)O)NCC1(C)C. The zero-order chi connectivity index (χ0) is 11.5. The summed E-state index contributed by atoms with van der Waals surface area (Å²) < 4.78 is 0. The highest BCUT2D eigenvalue weighted by Gasteiger charge is 2.32. The molecule has 4 heteroatoms. The Hall–Kier alpha value is -0.610. The van der Waals surface area contributed by atoms with E-state index in [-0.39, 0.29) is 12.0 Å². The van der Waals surface area contributed by atoms with E-state index in [4.69, 9.17) is 5.11 Å². The number of hydrogen-bond donors (Lipinski definition) is 2. The summed E-state index contributed by atoms with van der Waals surface area (Å²) in [5.41, 5.74) is 0.189. The molecule has 4 nitrogen and oxygen atoms in total. The van der Waals surface area contributed by atoms with Gasteiger partial charge in [-0.1, -0.05) is 6.92 Å². The Labute approximate surface area is 91.6 Å². The zero-order valence-corrected chi connectivity index (χ0v) is 9.92. The Bertz CT molecular complexity index is 229. The molecule has 1 aliphatic heterocycles. The molecule has 1 unspecified atom stereocenters. The number of nitrogens with zero attached hydrogens (tertiary/aromatic N) is 1. The number of rotatable bonds is 4. The summed E-state index contributed by atoms with van der Waals surface area (Å²) in [6.07, 6.45) is 0.984. The van der Waals surface area contributed by atoms with Gasteiger partial charge in [0.2, 0.25) is 0 Å². The predicted octanol–water partition coefficient (Wildman–Crippen LogP) is 0.923. The third kappa shape index (κ3) is 3.47. The van der Waals surface area contributed by atoms with Gasteiger partial charge in [-0.25, -0.2) is 0 Å². The lowest BCUT2D eigenvalue weighted by Gasteiger charge is -2.45. The topological polar surface area (TPSA) is 52.6 Å². The fraction of sp³-hybridized carbons (Fsp3) is 0.909. The first-order chi connectivity index (χ1) is 6.95. The summed E-state index contributed by atoms with van der Waals surface area (Å²) in [7, 11) is 0. The molecule has 0 aromatic heterocycles. The molecule has 15 heavy (non-hydrogen) atoms. The van der Waals surface area contributed by atoms with Crippen molar-refractivity contribution in [2.45, 2.75) is 45.2 Å². The smallest absolute Gasteiger partial charge is 0.303 e. The van der Waals surface area contributed by atoms with Crippen LogP contribution in [0, 0.1) is 0 Å². The largest absolute Gasteiger partial charge is 0.481 e. The Balaban J connectivity index is 2.43. The average molecular weight is 214 g/mol. The second kappa shape index (κ2) is 4.94. The minimum absolute atomic E-state index is 0.189. The molecule has 1 fully saturated rings. The third-order valence-electron chi connectivity index (χ3n) is 3.21. The van der Waals surface area contributed by atoms with Gasteiger partial charge in [0.25, 0.3) is 0 Å². The third-order valence-corrected chi connectivity index (χ3v) is 3.21. The number of carboxylic acid groups (broad SMARTS) is 1. The van der Waals surface area contributed by atoms with Crippen molar-refractivity contribution in [3.05, 3.63) is 0 Å². The normalized spacial score (nSPS) is 26.5. The molecular formula is C11H22N2O2. The highest BCUT2D eigenvalue weighted by molar-refractivity contribution is 5.66. The molecule has 1 saturated heterocycles. The predicted molar refractivity (Wildman–Crippen MR) is 60.0 cm³/mol. The molecule has 1 rings (SSSR count). The van der Waals surface area contributed by atoms with Crippen LogP contribution in [0.5, 0.6) is 0 Å². The lowest BCUT2D eigenvalue weighted by atomic mass is 9.96. The van der Waals surface area contributed by atoms with Crippen molar-refractivity contribution in [1.29, 1.82) is 0 Å². The van der Waals surface area contributed by atoms with Gasteiger partial charge >= 0.3 is 5.97 Å². The first kappa shape index (κ1) is 12.5. The van der Waals surface area contributed by atoms with Crippen LogP contribution < -0.4 is 5.32 Å². The standard InChI is InChI=1S/C11H22N2O2/c1-4-13-7-9(5-6-10(14)15)12-8-11(13,2)3/h9,12H,4-8H2,1-3H3,(H,14,15). The van der Waals surface area contributed by atoms with Gasteiger partial charge in [0.1, 0.15) is 0 Å². The molecule has 0 aromatic carbocycles. The quantitative estimate of drug-likeness (QED) is 0.731. The molecule has 1 heterocycles. The summed E-state index contributed by atoms with van der Waals surface area (Å²) in [6.45, 7) is 9.51. The summed E-state index contributed by atoms with van der Waals surface area (Å²) >= 11 is 0. The highest BCUT2D eigenvalue weighted by Crippen LogP contribution is 2.19. The van der Waals surface area contributed by atoms with Crippen molar-refractivity contribution in [3.63, 3.8) is 0 Å². The number of piperazine rings is 1. The Morgan fingerprint density at radius 2 is 2.27 bits per heavy atom. The van der Waals surface area contributed by atoms with Crippen molar-refractivity contribution >= 4 is 5.97 Å². The molecular weight excluding hydrogens is 192 g/mol. The van der Waals surface area contributed by atoms with Crippen LogP contribution in [0.15, 0.2) is 0 Å². The number of carbonyl (C=O) groups is 1. The number of hydrogen-bond acceptors (Lipinski definition) is 3. The Morgan fingerprint density at radius 1 is 1.60 bits per heavy atom. The van der Waals surface area contributed by atoms with E-state index in [0.29, 0.717) is 6.04 Å². The van der Waals surface area contributed by atoms with Crippen molar-refractivity contribution in [2.24, 2.45) is 0 Å². The molecule has 0 amide bonds. The summed E-state index contributed by atoms with van der Waals surface area (Å²) in [5, 5.41) is 12.1. The first-order valence-electron chi connectivity index (χ1n) is 5.66. The van der Waals surface area contributed by atoms with Crippen molar-refractivity contribution in [3.8, 4) is 0 Å². The molecule has 88 valence electrons. The maximum atomic E-state index is 10.5. The molecule has 2 N–H and O–H groups in total. The van der Waals surface area contributed by atoms with Crippen LogP contribution in [0.25, 0.3) is 0 Å². The van der Waals surface area contributed by atoms with Gasteiger partial charge in [-0.15, -0.1) is 0 Å². The minimum Gasteiger partial charge on any atom is -0.481 e. The molecule has 1 atom stereocenters. The van der Waals surface area contributed by atoms with Gasteiger partial charge in [0.05, 0.1) is 0 Å². The van der Waals surface area contributed by atoms with E-state index in [1.807, 2.05) is 0 Å². The molecule has 1 aliphatic rings. The Kier molecular flexibility index (Phi) is 4.11. The van der Waals surface area contributed by atoms with Crippen molar-refractivity contribution < 1.29 is 9.90 Å². The lowest BCUT2D eigenvalue weighted by molar-refractivity contribution is -0.137. The summed E-state index contributed by atoms with van der Waals surface area (Å²) in [5.74, 6) is -0.704. The average Bonchev–Trinajstić information content (AvgIpc) is 2.15. The number of likely N-dealkylation sites (N-methyl/N-ethyl adjacent to an activating group) is 1. The van der Waals surface area contributed by atoms with Crippen molar-refractivity contribution in [2.75, 3.05) is 19.6 Å². The monoisotopic (exact) mass is 214 g/mol. The summed E-state index contributed by atoms with van der Waals surface area (Å²) in [4.78, 5) is 12.9. The van der Waals surface area contributed by atoms with Gasteiger partial charge in [-0.2, -0.15) is 0 Å². The number of aliphatic carboxylic acids is 1. The summed E-state index contributed by atoms with van der Waals surface area (Å²) in [6, 6.07) is 0.328. The molecule has 0 aliphatic carbocycles. The molecule has 0 bridgehead atoms. The minimum atomic E-state index is -0.704. The molecule has 0 radical (unpaired) electrons. The van der Waals surface area contributed by atoms with Crippen molar-refractivity contribution in [1.82, 2.24) is 10.2 Å². The van der Waals surface area contributed by atoms with Crippen LogP contribution in [0.3, 0.4) is 0 Å². The molecule has 0 spiro atoms. The van der Waals surface area contributed by atoms with Gasteiger partial charge < -0.3 is 10.4 Å². The van der Waals surface area contributed by atoms with E-state index in [1.54, 1.807) is 0 Å². The fourth-order valence-corrected chi connectivity index (χ4v) is 2.13. The van der Waals surface area contributed by atoms with Gasteiger partial charge in [0, 0.05) is 31.1 Å². The van der Waals surface area contributed by atoms with Crippen LogP contribution in [-0.2, 0) is 4.79 Å². The van der Waals surface area contributed by atoms with E-state index < -0.39 is 5.97 Å². The van der Waals surface area contributed by atoms with Gasteiger partial charge in [-0.05, 0) is 26.8 Å². The fourth-order valence-electron chi connectivity index (χ4n) is 2.13. The second-order valence-corrected chi connectivity index (χ2v) is 4.86. The Morgan fingerprint density at radius 3 is 2.80 bits per heavy atom. The van der Waals surface area contributed by atoms with Gasteiger partial charge in [-0.3, -0.25) is 9.69 Å². The first-order valence-corrected chi connectivity index (χ1v) is 5.66. The lowest BCUT2D eigenvalue weighted by Crippen LogP contribution is -2.61.